The van der Waals surface area contributed by atoms with E-state index in [1.807, 2.05) is 0 Å². The Labute approximate surface area is 166 Å². The number of hydrogen-bond acceptors (Lipinski definition) is 7. The van der Waals surface area contributed by atoms with E-state index in [1.165, 1.54) is 0 Å². The molecule has 1 aromatic carbocycles. The summed E-state index contributed by atoms with van der Waals surface area (Å²) < 4.78 is 44.4. The number of benzene rings is 1. The number of carbonyl (C=O) groups excluding carboxylic acids is 1. The average Bonchev–Trinajstić information content (AvgIpc) is 2.98. The van der Waals surface area contributed by atoms with Gasteiger partial charge >= 0.3 is 5.97 Å². The quantitative estimate of drug-likeness (QED) is 0.419. The van der Waals surface area contributed by atoms with Crippen LogP contribution in [0.15, 0.2) is 23.2 Å². The van der Waals surface area contributed by atoms with Crippen LogP contribution in [-0.4, -0.2) is 48.4 Å². The van der Waals surface area contributed by atoms with Crippen molar-refractivity contribution in [3.05, 3.63) is 39.7 Å². The lowest BCUT2D eigenvalue weighted by Gasteiger charge is -2.36. The number of halogens is 2. The molecule has 10 heteroatoms. The van der Waals surface area contributed by atoms with Gasteiger partial charge < -0.3 is 14.2 Å². The monoisotopic (exact) mass is 412 g/mol. The standard InChI is InChI=1S/C19H22F2N2O6/c1-18(2,3)29-17(24)7-16-22-19(10-28-15(8-20)13(19)9-27-16)12-6-11(23(25)26)4-5-14(12)21/h4-6,13,15H,7-10H2,1-3H3/t13-,15?,19-/m1/s1. The Kier molecular flexibility index (Phi) is 5.57. The van der Waals surface area contributed by atoms with Gasteiger partial charge in [0.2, 0.25) is 0 Å². The normalized spacial score (nSPS) is 26.3. The van der Waals surface area contributed by atoms with E-state index in [0.29, 0.717) is 0 Å². The minimum Gasteiger partial charge on any atom is -0.480 e. The van der Waals surface area contributed by atoms with E-state index < -0.39 is 46.5 Å². The summed E-state index contributed by atoms with van der Waals surface area (Å²) in [4.78, 5) is 27.1. The predicted octanol–water partition coefficient (Wildman–Crippen LogP) is 3.07. The first kappa shape index (κ1) is 21.1. The Morgan fingerprint density at radius 3 is 2.79 bits per heavy atom. The molecule has 1 unspecified atom stereocenters. The van der Waals surface area contributed by atoms with E-state index in [1.54, 1.807) is 20.8 Å². The molecule has 1 saturated heterocycles. The highest BCUT2D eigenvalue weighted by atomic mass is 19.1. The van der Waals surface area contributed by atoms with Crippen LogP contribution >= 0.6 is 0 Å². The molecule has 3 rings (SSSR count). The maximum atomic E-state index is 14.7. The number of hydrogen-bond donors (Lipinski definition) is 0. The summed E-state index contributed by atoms with van der Waals surface area (Å²) in [5.41, 5.74) is -2.55. The van der Waals surface area contributed by atoms with Crippen molar-refractivity contribution in [3.8, 4) is 0 Å². The molecule has 29 heavy (non-hydrogen) atoms. The molecule has 0 N–H and O–H groups in total. The number of carbonyl (C=O) groups is 1. The summed E-state index contributed by atoms with van der Waals surface area (Å²) >= 11 is 0. The Hall–Kier alpha value is -2.62. The Balaban J connectivity index is 2.02. The highest BCUT2D eigenvalue weighted by Gasteiger charge is 2.55. The fourth-order valence-corrected chi connectivity index (χ4v) is 3.61. The number of ether oxygens (including phenoxy) is 3. The van der Waals surface area contributed by atoms with Gasteiger partial charge in [-0.1, -0.05) is 0 Å². The third-order valence-corrected chi connectivity index (χ3v) is 4.83. The molecule has 0 amide bonds. The molecule has 0 radical (unpaired) electrons. The second-order valence-electron chi connectivity index (χ2n) is 8.04. The molecule has 0 aliphatic carbocycles. The van der Waals surface area contributed by atoms with E-state index >= 15 is 0 Å². The first-order valence-corrected chi connectivity index (χ1v) is 9.11. The molecule has 1 fully saturated rings. The first-order chi connectivity index (χ1) is 13.6. The zero-order chi connectivity index (χ0) is 21.4. The van der Waals surface area contributed by atoms with E-state index in [-0.39, 0.29) is 36.8 Å². The molecular formula is C19H22F2N2O6. The number of non-ortho nitro benzene ring substituents is 1. The highest BCUT2D eigenvalue weighted by molar-refractivity contribution is 5.95. The number of nitrogens with zero attached hydrogens (tertiary/aromatic N) is 2. The fourth-order valence-electron chi connectivity index (χ4n) is 3.61. The summed E-state index contributed by atoms with van der Waals surface area (Å²) in [5.74, 6) is -2.03. The van der Waals surface area contributed by atoms with Crippen LogP contribution in [0.4, 0.5) is 14.5 Å². The van der Waals surface area contributed by atoms with Crippen LogP contribution < -0.4 is 0 Å². The van der Waals surface area contributed by atoms with Gasteiger partial charge in [-0.15, -0.1) is 0 Å². The number of rotatable bonds is 5. The summed E-state index contributed by atoms with van der Waals surface area (Å²) in [6.45, 7) is 4.02. The molecule has 3 atom stereocenters. The van der Waals surface area contributed by atoms with Crippen LogP contribution in [0.2, 0.25) is 0 Å². The van der Waals surface area contributed by atoms with Crippen LogP contribution in [0.1, 0.15) is 32.8 Å². The zero-order valence-corrected chi connectivity index (χ0v) is 16.3. The van der Waals surface area contributed by atoms with Crippen molar-refractivity contribution in [2.45, 2.75) is 44.4 Å². The molecule has 0 spiro atoms. The maximum absolute atomic E-state index is 14.7. The van der Waals surface area contributed by atoms with E-state index in [4.69, 9.17) is 14.2 Å². The smallest absolute Gasteiger partial charge is 0.315 e. The number of aliphatic imine (C=N–C) groups is 1. The third kappa shape index (κ3) is 4.21. The predicted molar refractivity (Wildman–Crippen MR) is 97.8 cm³/mol. The second-order valence-corrected chi connectivity index (χ2v) is 8.04. The third-order valence-electron chi connectivity index (χ3n) is 4.83. The summed E-state index contributed by atoms with van der Waals surface area (Å²) in [6.07, 6.45) is -1.21. The first-order valence-electron chi connectivity index (χ1n) is 9.11. The number of nitro benzene ring substituents is 1. The molecule has 2 aliphatic rings. The van der Waals surface area contributed by atoms with E-state index in [0.717, 1.165) is 18.2 Å². The van der Waals surface area contributed by atoms with E-state index in [2.05, 4.69) is 4.99 Å². The van der Waals surface area contributed by atoms with Gasteiger partial charge in [0.15, 0.2) is 5.90 Å². The number of alkyl halides is 1. The summed E-state index contributed by atoms with van der Waals surface area (Å²) in [7, 11) is 0. The minimum atomic E-state index is -1.43. The lowest BCUT2D eigenvalue weighted by molar-refractivity contribution is -0.385. The molecule has 158 valence electrons. The Morgan fingerprint density at radius 2 is 2.17 bits per heavy atom. The van der Waals surface area contributed by atoms with Crippen LogP contribution in [0.5, 0.6) is 0 Å². The van der Waals surface area contributed by atoms with Crippen molar-refractivity contribution in [1.82, 2.24) is 0 Å². The second kappa shape index (κ2) is 7.66. The summed E-state index contributed by atoms with van der Waals surface area (Å²) in [5, 5.41) is 11.2. The molecule has 1 aromatic rings. The van der Waals surface area contributed by atoms with Crippen molar-refractivity contribution in [2.24, 2.45) is 10.9 Å². The SMILES string of the molecule is CC(C)(C)OC(=O)CC1=N[C@@]2(c3cc([N+](=O)[O-])ccc3F)COC(CF)[C@H]2CO1. The Morgan fingerprint density at radius 1 is 1.45 bits per heavy atom. The fraction of sp³-hybridized carbons (Fsp3) is 0.579. The maximum Gasteiger partial charge on any atom is 0.315 e. The topological polar surface area (TPSA) is 100 Å². The average molecular weight is 412 g/mol. The molecule has 2 aliphatic heterocycles. The molecule has 8 nitrogen and oxygen atoms in total. The van der Waals surface area contributed by atoms with Gasteiger partial charge in [-0.05, 0) is 26.8 Å². The molecule has 0 bridgehead atoms. The zero-order valence-electron chi connectivity index (χ0n) is 16.3. The lowest BCUT2D eigenvalue weighted by atomic mass is 9.77. The lowest BCUT2D eigenvalue weighted by Crippen LogP contribution is -2.44. The minimum absolute atomic E-state index is 0.00971. The van der Waals surface area contributed by atoms with Crippen LogP contribution in [0, 0.1) is 21.8 Å². The molecule has 2 heterocycles. The highest BCUT2D eigenvalue weighted by Crippen LogP contribution is 2.47. The molecule has 0 aromatic heterocycles. The van der Waals surface area contributed by atoms with Gasteiger partial charge in [0.1, 0.15) is 30.1 Å². The van der Waals surface area contributed by atoms with Crippen LogP contribution in [0.3, 0.4) is 0 Å². The van der Waals surface area contributed by atoms with Gasteiger partial charge in [-0.2, -0.15) is 0 Å². The van der Waals surface area contributed by atoms with Crippen molar-refractivity contribution in [1.29, 1.82) is 0 Å². The van der Waals surface area contributed by atoms with Gasteiger partial charge in [-0.3, -0.25) is 14.9 Å². The largest absolute Gasteiger partial charge is 0.480 e. The summed E-state index contributed by atoms with van der Waals surface area (Å²) in [6, 6.07) is 3.09. The molecule has 0 saturated carbocycles. The molecular weight excluding hydrogens is 390 g/mol. The van der Waals surface area contributed by atoms with Crippen molar-refractivity contribution in [3.63, 3.8) is 0 Å². The number of fused-ring (bicyclic) bond motifs is 1. The van der Waals surface area contributed by atoms with Crippen LogP contribution in [-0.2, 0) is 24.5 Å². The van der Waals surface area contributed by atoms with Crippen molar-refractivity contribution in [2.75, 3.05) is 19.9 Å². The van der Waals surface area contributed by atoms with Crippen LogP contribution in [0.25, 0.3) is 0 Å². The van der Waals surface area contributed by atoms with Gasteiger partial charge in [0.05, 0.1) is 30.2 Å². The number of esters is 1. The Bertz CT molecular complexity index is 854. The van der Waals surface area contributed by atoms with Crippen molar-refractivity contribution < 1.29 is 32.7 Å². The van der Waals surface area contributed by atoms with Gasteiger partial charge in [0.25, 0.3) is 5.69 Å². The van der Waals surface area contributed by atoms with Crippen molar-refractivity contribution >= 4 is 17.6 Å². The van der Waals surface area contributed by atoms with Gasteiger partial charge in [-0.25, -0.2) is 13.8 Å². The van der Waals surface area contributed by atoms with Gasteiger partial charge in [0, 0.05) is 17.7 Å². The van der Waals surface area contributed by atoms with E-state index in [9.17, 15) is 23.7 Å². The number of nitro groups is 1.